The highest BCUT2D eigenvalue weighted by molar-refractivity contribution is 6.02. The maximum atomic E-state index is 13.3. The SMILES string of the molecule is O=C(Nc1ccc(CCO)cc1)c1ccn(-c2cccc(F)c2)n1. The number of benzene rings is 2. The predicted octanol–water partition coefficient (Wildman–Crippen LogP) is 2.80. The first-order chi connectivity index (χ1) is 11.7. The van der Waals surface area contributed by atoms with Gasteiger partial charge in [-0.05, 0) is 48.4 Å². The lowest BCUT2D eigenvalue weighted by atomic mass is 10.1. The van der Waals surface area contributed by atoms with Gasteiger partial charge in [0.05, 0.1) is 5.69 Å². The van der Waals surface area contributed by atoms with Gasteiger partial charge in [-0.2, -0.15) is 5.10 Å². The quantitative estimate of drug-likeness (QED) is 0.758. The first-order valence-electron chi connectivity index (χ1n) is 7.48. The fourth-order valence-electron chi connectivity index (χ4n) is 2.29. The minimum absolute atomic E-state index is 0.0865. The summed E-state index contributed by atoms with van der Waals surface area (Å²) in [4.78, 5) is 12.2. The molecule has 122 valence electrons. The standard InChI is InChI=1S/C18H16FN3O2/c19-14-2-1-3-16(12-14)22-10-8-17(21-22)18(24)20-15-6-4-13(5-7-15)9-11-23/h1-8,10,12,23H,9,11H2,(H,20,24). The van der Waals surface area contributed by atoms with Crippen molar-refractivity contribution >= 4 is 11.6 Å². The van der Waals surface area contributed by atoms with Gasteiger partial charge in [-0.25, -0.2) is 9.07 Å². The summed E-state index contributed by atoms with van der Waals surface area (Å²) < 4.78 is 14.7. The summed E-state index contributed by atoms with van der Waals surface area (Å²) in [5.41, 5.74) is 2.41. The van der Waals surface area contributed by atoms with E-state index in [4.69, 9.17) is 5.11 Å². The lowest BCUT2D eigenvalue weighted by Gasteiger charge is -2.05. The van der Waals surface area contributed by atoms with Gasteiger partial charge in [0.2, 0.25) is 0 Å². The second-order valence-corrected chi connectivity index (χ2v) is 5.25. The number of nitrogens with zero attached hydrogens (tertiary/aromatic N) is 2. The van der Waals surface area contributed by atoms with Crippen molar-refractivity contribution in [2.24, 2.45) is 0 Å². The molecule has 0 unspecified atom stereocenters. The number of nitrogens with one attached hydrogen (secondary N) is 1. The Labute approximate surface area is 138 Å². The van der Waals surface area contributed by atoms with Gasteiger partial charge in [-0.1, -0.05) is 18.2 Å². The molecule has 1 aromatic heterocycles. The van der Waals surface area contributed by atoms with Crippen LogP contribution in [-0.4, -0.2) is 27.4 Å². The zero-order valence-corrected chi connectivity index (χ0v) is 12.8. The molecular formula is C18H16FN3O2. The van der Waals surface area contributed by atoms with E-state index in [9.17, 15) is 9.18 Å². The summed E-state index contributed by atoms with van der Waals surface area (Å²) in [6, 6.07) is 14.8. The van der Waals surface area contributed by atoms with E-state index in [1.807, 2.05) is 12.1 Å². The second-order valence-electron chi connectivity index (χ2n) is 5.25. The molecule has 1 amide bonds. The average Bonchev–Trinajstić information content (AvgIpc) is 3.07. The van der Waals surface area contributed by atoms with Crippen molar-refractivity contribution in [2.45, 2.75) is 6.42 Å². The smallest absolute Gasteiger partial charge is 0.276 e. The molecule has 6 heteroatoms. The normalized spacial score (nSPS) is 10.6. The molecule has 0 saturated carbocycles. The summed E-state index contributed by atoms with van der Waals surface area (Å²) in [6.07, 6.45) is 2.18. The summed E-state index contributed by atoms with van der Waals surface area (Å²) >= 11 is 0. The summed E-state index contributed by atoms with van der Waals surface area (Å²) in [5, 5.41) is 15.8. The third-order valence-corrected chi connectivity index (χ3v) is 3.51. The van der Waals surface area contributed by atoms with Gasteiger partial charge in [0, 0.05) is 18.5 Å². The number of hydrogen-bond acceptors (Lipinski definition) is 3. The summed E-state index contributed by atoms with van der Waals surface area (Å²) in [6.45, 7) is 0.0865. The van der Waals surface area contributed by atoms with Crippen LogP contribution in [0.5, 0.6) is 0 Å². The number of rotatable bonds is 5. The van der Waals surface area contributed by atoms with Crippen molar-refractivity contribution in [2.75, 3.05) is 11.9 Å². The van der Waals surface area contributed by atoms with Crippen LogP contribution in [0.15, 0.2) is 60.8 Å². The maximum absolute atomic E-state index is 13.3. The van der Waals surface area contributed by atoms with Gasteiger partial charge < -0.3 is 10.4 Å². The zero-order chi connectivity index (χ0) is 16.9. The number of aliphatic hydroxyl groups excluding tert-OH is 1. The molecule has 0 atom stereocenters. The Bertz CT molecular complexity index is 843. The maximum Gasteiger partial charge on any atom is 0.276 e. The Hall–Kier alpha value is -2.99. The van der Waals surface area contributed by atoms with E-state index in [1.165, 1.54) is 16.8 Å². The molecule has 0 bridgehead atoms. The highest BCUT2D eigenvalue weighted by Crippen LogP contribution is 2.13. The van der Waals surface area contributed by atoms with Crippen LogP contribution in [0.25, 0.3) is 5.69 Å². The molecule has 1 heterocycles. The molecule has 0 radical (unpaired) electrons. The van der Waals surface area contributed by atoms with E-state index >= 15 is 0 Å². The molecule has 0 fully saturated rings. The van der Waals surface area contributed by atoms with Crippen LogP contribution in [0.4, 0.5) is 10.1 Å². The van der Waals surface area contributed by atoms with Crippen molar-refractivity contribution in [3.63, 3.8) is 0 Å². The fraction of sp³-hybridized carbons (Fsp3) is 0.111. The molecule has 3 rings (SSSR count). The van der Waals surface area contributed by atoms with Crippen LogP contribution in [0.2, 0.25) is 0 Å². The number of hydrogen-bond donors (Lipinski definition) is 2. The lowest BCUT2D eigenvalue weighted by Crippen LogP contribution is -2.13. The minimum atomic E-state index is -0.364. The first-order valence-corrected chi connectivity index (χ1v) is 7.48. The molecule has 5 nitrogen and oxygen atoms in total. The van der Waals surface area contributed by atoms with Crippen LogP contribution < -0.4 is 5.32 Å². The van der Waals surface area contributed by atoms with Gasteiger partial charge >= 0.3 is 0 Å². The number of aromatic nitrogens is 2. The number of carbonyl (C=O) groups excluding carboxylic acids is 1. The monoisotopic (exact) mass is 325 g/mol. The molecule has 3 aromatic rings. The average molecular weight is 325 g/mol. The Morgan fingerprint density at radius 2 is 1.96 bits per heavy atom. The number of carbonyl (C=O) groups is 1. The Morgan fingerprint density at radius 3 is 2.67 bits per heavy atom. The van der Waals surface area contributed by atoms with E-state index in [0.29, 0.717) is 17.8 Å². The van der Waals surface area contributed by atoms with Gasteiger partial charge in [-0.15, -0.1) is 0 Å². The zero-order valence-electron chi connectivity index (χ0n) is 12.8. The summed E-state index contributed by atoms with van der Waals surface area (Å²) in [7, 11) is 0. The molecule has 0 aliphatic carbocycles. The topological polar surface area (TPSA) is 67.2 Å². The third kappa shape index (κ3) is 3.67. The van der Waals surface area contributed by atoms with Crippen LogP contribution >= 0.6 is 0 Å². The highest BCUT2D eigenvalue weighted by Gasteiger charge is 2.11. The number of halogens is 1. The van der Waals surface area contributed by atoms with Crippen molar-refractivity contribution in [3.8, 4) is 5.69 Å². The van der Waals surface area contributed by atoms with Gasteiger partial charge in [0.1, 0.15) is 5.82 Å². The van der Waals surface area contributed by atoms with E-state index < -0.39 is 0 Å². The van der Waals surface area contributed by atoms with Crippen molar-refractivity contribution in [1.82, 2.24) is 9.78 Å². The molecule has 0 aliphatic heterocycles. The highest BCUT2D eigenvalue weighted by atomic mass is 19.1. The second kappa shape index (κ2) is 7.06. The first kappa shape index (κ1) is 15.9. The fourth-order valence-corrected chi connectivity index (χ4v) is 2.29. The van der Waals surface area contributed by atoms with Gasteiger partial charge in [-0.3, -0.25) is 4.79 Å². The van der Waals surface area contributed by atoms with Crippen molar-refractivity contribution in [1.29, 1.82) is 0 Å². The van der Waals surface area contributed by atoms with E-state index in [0.717, 1.165) is 5.56 Å². The van der Waals surface area contributed by atoms with Crippen LogP contribution in [0, 0.1) is 5.82 Å². The number of aliphatic hydroxyl groups is 1. The Morgan fingerprint density at radius 1 is 1.17 bits per heavy atom. The van der Waals surface area contributed by atoms with Crippen molar-refractivity contribution < 1.29 is 14.3 Å². The molecule has 0 aliphatic rings. The largest absolute Gasteiger partial charge is 0.396 e. The predicted molar refractivity (Wildman–Crippen MR) is 88.7 cm³/mol. The molecule has 0 saturated heterocycles. The Kier molecular flexibility index (Phi) is 4.67. The molecule has 0 spiro atoms. The molecule has 24 heavy (non-hydrogen) atoms. The van der Waals surface area contributed by atoms with E-state index in [2.05, 4.69) is 10.4 Å². The lowest BCUT2D eigenvalue weighted by molar-refractivity contribution is 0.102. The molecule has 2 N–H and O–H groups in total. The van der Waals surface area contributed by atoms with Crippen LogP contribution in [-0.2, 0) is 6.42 Å². The van der Waals surface area contributed by atoms with Gasteiger partial charge in [0.25, 0.3) is 5.91 Å². The number of amides is 1. The van der Waals surface area contributed by atoms with E-state index in [1.54, 1.807) is 36.5 Å². The van der Waals surface area contributed by atoms with Crippen molar-refractivity contribution in [3.05, 3.63) is 77.9 Å². The van der Waals surface area contributed by atoms with Gasteiger partial charge in [0.15, 0.2) is 5.69 Å². The van der Waals surface area contributed by atoms with Crippen LogP contribution in [0.3, 0.4) is 0 Å². The van der Waals surface area contributed by atoms with Crippen LogP contribution in [0.1, 0.15) is 16.1 Å². The molecular weight excluding hydrogens is 309 g/mol. The van der Waals surface area contributed by atoms with E-state index in [-0.39, 0.29) is 24.0 Å². The minimum Gasteiger partial charge on any atom is -0.396 e. The molecule has 2 aromatic carbocycles. The third-order valence-electron chi connectivity index (χ3n) is 3.51. The number of anilines is 1. The summed E-state index contributed by atoms with van der Waals surface area (Å²) in [5.74, 6) is -0.711. The Balaban J connectivity index is 1.71.